The molecular weight excluding hydrogens is 334 g/mol. The topological polar surface area (TPSA) is 55.2 Å². The molecule has 6 heteroatoms. The third-order valence-corrected chi connectivity index (χ3v) is 5.90. The van der Waals surface area contributed by atoms with Crippen molar-refractivity contribution in [2.75, 3.05) is 6.54 Å². The first-order valence-corrected chi connectivity index (χ1v) is 9.33. The van der Waals surface area contributed by atoms with Crippen LogP contribution in [0.25, 0.3) is 10.8 Å². The van der Waals surface area contributed by atoms with Gasteiger partial charge in [0, 0.05) is 23.9 Å². The van der Waals surface area contributed by atoms with Crippen LogP contribution in [0.3, 0.4) is 0 Å². The molecule has 4 rings (SSSR count). The minimum atomic E-state index is -0.182. The Morgan fingerprint density at radius 3 is 2.80 bits per heavy atom. The maximum absolute atomic E-state index is 13.3. The predicted molar refractivity (Wildman–Crippen MR) is 99.1 cm³/mol. The Balaban J connectivity index is 1.83. The minimum absolute atomic E-state index is 0.0697. The van der Waals surface area contributed by atoms with Gasteiger partial charge in [0.25, 0.3) is 11.5 Å². The number of hydrogen-bond acceptors (Lipinski definition) is 4. The van der Waals surface area contributed by atoms with Gasteiger partial charge in [-0.1, -0.05) is 25.1 Å². The zero-order valence-electron chi connectivity index (χ0n) is 14.2. The molecule has 0 saturated carbocycles. The van der Waals surface area contributed by atoms with E-state index in [1.165, 1.54) is 15.1 Å². The minimum Gasteiger partial charge on any atom is -0.330 e. The molecule has 0 fully saturated rings. The number of benzene rings is 1. The van der Waals surface area contributed by atoms with Crippen LogP contribution in [0, 0.1) is 0 Å². The molecule has 0 spiro atoms. The van der Waals surface area contributed by atoms with E-state index in [1.54, 1.807) is 30.5 Å². The van der Waals surface area contributed by atoms with Gasteiger partial charge in [-0.2, -0.15) is 5.10 Å². The van der Waals surface area contributed by atoms with Crippen molar-refractivity contribution in [3.05, 3.63) is 62.2 Å². The van der Waals surface area contributed by atoms with Gasteiger partial charge in [-0.3, -0.25) is 9.59 Å². The zero-order valence-corrected chi connectivity index (χ0v) is 15.0. The molecular formula is C19H19N3O2S. The molecule has 5 nitrogen and oxygen atoms in total. The number of hydrogen-bond donors (Lipinski definition) is 0. The Morgan fingerprint density at radius 2 is 2.04 bits per heavy atom. The Morgan fingerprint density at radius 1 is 1.28 bits per heavy atom. The van der Waals surface area contributed by atoms with Gasteiger partial charge in [-0.15, -0.1) is 11.3 Å². The highest BCUT2D eigenvalue weighted by atomic mass is 32.1. The highest BCUT2D eigenvalue weighted by Gasteiger charge is 2.32. The van der Waals surface area contributed by atoms with E-state index in [0.29, 0.717) is 23.0 Å². The zero-order chi connectivity index (χ0) is 17.6. The van der Waals surface area contributed by atoms with Crippen LogP contribution in [0.2, 0.25) is 0 Å². The van der Waals surface area contributed by atoms with E-state index in [-0.39, 0.29) is 17.5 Å². The summed E-state index contributed by atoms with van der Waals surface area (Å²) in [6, 6.07) is 9.40. The van der Waals surface area contributed by atoms with Crippen molar-refractivity contribution >= 4 is 28.0 Å². The lowest BCUT2D eigenvalue weighted by Crippen LogP contribution is -2.40. The van der Waals surface area contributed by atoms with Crippen LogP contribution in [-0.2, 0) is 13.5 Å². The number of nitrogens with zero attached hydrogens (tertiary/aromatic N) is 3. The highest BCUT2D eigenvalue weighted by Crippen LogP contribution is 2.36. The third-order valence-electron chi connectivity index (χ3n) is 4.90. The van der Waals surface area contributed by atoms with Crippen LogP contribution in [0.1, 0.15) is 40.3 Å². The second-order valence-corrected chi connectivity index (χ2v) is 7.30. The number of aromatic nitrogens is 2. The van der Waals surface area contributed by atoms with Gasteiger partial charge in [0.05, 0.1) is 11.4 Å². The molecule has 0 saturated heterocycles. The van der Waals surface area contributed by atoms with Gasteiger partial charge < -0.3 is 4.90 Å². The molecule has 1 aliphatic rings. The summed E-state index contributed by atoms with van der Waals surface area (Å²) in [4.78, 5) is 28.9. The second kappa shape index (κ2) is 6.11. The van der Waals surface area contributed by atoms with Gasteiger partial charge in [0.15, 0.2) is 5.69 Å². The number of carbonyl (C=O) groups excluding carboxylic acids is 1. The lowest BCUT2D eigenvalue weighted by atomic mass is 9.97. The summed E-state index contributed by atoms with van der Waals surface area (Å²) >= 11 is 1.76. The first-order chi connectivity index (χ1) is 12.1. The number of rotatable bonds is 2. The van der Waals surface area contributed by atoms with Crippen molar-refractivity contribution < 1.29 is 4.79 Å². The maximum Gasteiger partial charge on any atom is 0.275 e. The summed E-state index contributed by atoms with van der Waals surface area (Å²) in [6.45, 7) is 2.79. The number of amides is 1. The van der Waals surface area contributed by atoms with E-state index in [0.717, 1.165) is 12.8 Å². The fourth-order valence-electron chi connectivity index (χ4n) is 3.67. The number of thiophene rings is 1. The van der Waals surface area contributed by atoms with E-state index >= 15 is 0 Å². The molecule has 25 heavy (non-hydrogen) atoms. The molecule has 2 aromatic heterocycles. The molecule has 1 amide bonds. The van der Waals surface area contributed by atoms with Crippen molar-refractivity contribution in [1.29, 1.82) is 0 Å². The van der Waals surface area contributed by atoms with E-state index in [1.807, 2.05) is 17.0 Å². The maximum atomic E-state index is 13.3. The molecule has 1 aliphatic heterocycles. The summed E-state index contributed by atoms with van der Waals surface area (Å²) in [5, 5.41) is 7.56. The molecule has 1 aromatic carbocycles. The standard InChI is InChI=1S/C19H19N3O2S/c1-3-15-14-9-11-25-16(14)8-10-22(15)19(24)17-12-6-4-5-7-13(12)18(23)21(2)20-17/h4-7,9,11,15H,3,8,10H2,1-2H3. The van der Waals surface area contributed by atoms with Crippen molar-refractivity contribution in [3.63, 3.8) is 0 Å². The Kier molecular flexibility index (Phi) is 3.92. The van der Waals surface area contributed by atoms with Crippen molar-refractivity contribution in [2.24, 2.45) is 7.05 Å². The van der Waals surface area contributed by atoms with Crippen molar-refractivity contribution in [1.82, 2.24) is 14.7 Å². The SMILES string of the molecule is CCC1c2ccsc2CCN1C(=O)c1nn(C)c(=O)c2ccccc12. The number of aryl methyl sites for hydroxylation is 1. The smallest absolute Gasteiger partial charge is 0.275 e. The van der Waals surface area contributed by atoms with Crippen LogP contribution in [0.5, 0.6) is 0 Å². The lowest BCUT2D eigenvalue weighted by molar-refractivity contribution is 0.0651. The molecule has 0 N–H and O–H groups in total. The molecule has 3 heterocycles. The second-order valence-electron chi connectivity index (χ2n) is 6.29. The molecule has 1 unspecified atom stereocenters. The summed E-state index contributed by atoms with van der Waals surface area (Å²) in [7, 11) is 1.59. The number of fused-ring (bicyclic) bond motifs is 2. The van der Waals surface area contributed by atoms with Crippen LogP contribution >= 0.6 is 11.3 Å². The van der Waals surface area contributed by atoms with Crippen LogP contribution in [-0.4, -0.2) is 27.1 Å². The molecule has 128 valence electrons. The van der Waals surface area contributed by atoms with Gasteiger partial charge in [-0.05, 0) is 35.9 Å². The fourth-order valence-corrected chi connectivity index (χ4v) is 4.60. The first-order valence-electron chi connectivity index (χ1n) is 8.45. The van der Waals surface area contributed by atoms with Crippen molar-refractivity contribution in [2.45, 2.75) is 25.8 Å². The van der Waals surface area contributed by atoms with Crippen LogP contribution in [0.15, 0.2) is 40.5 Å². The summed E-state index contributed by atoms with van der Waals surface area (Å²) in [5.74, 6) is -0.101. The summed E-state index contributed by atoms with van der Waals surface area (Å²) < 4.78 is 1.26. The largest absolute Gasteiger partial charge is 0.330 e. The van der Waals surface area contributed by atoms with Crippen molar-refractivity contribution in [3.8, 4) is 0 Å². The van der Waals surface area contributed by atoms with E-state index in [9.17, 15) is 9.59 Å². The van der Waals surface area contributed by atoms with E-state index < -0.39 is 0 Å². The van der Waals surface area contributed by atoms with Crippen LogP contribution in [0.4, 0.5) is 0 Å². The van der Waals surface area contributed by atoms with E-state index in [4.69, 9.17) is 0 Å². The summed E-state index contributed by atoms with van der Waals surface area (Å²) in [5.41, 5.74) is 1.43. The van der Waals surface area contributed by atoms with Gasteiger partial charge in [-0.25, -0.2) is 4.68 Å². The molecule has 3 aromatic rings. The molecule has 0 aliphatic carbocycles. The Bertz CT molecular complexity index is 1020. The quantitative estimate of drug-likeness (QED) is 0.711. The lowest BCUT2D eigenvalue weighted by Gasteiger charge is -2.35. The fraction of sp³-hybridized carbons (Fsp3) is 0.316. The van der Waals surface area contributed by atoms with E-state index in [2.05, 4.69) is 23.5 Å². The Labute approximate surface area is 149 Å². The normalized spacial score (nSPS) is 16.9. The monoisotopic (exact) mass is 353 g/mol. The molecule has 1 atom stereocenters. The first kappa shape index (κ1) is 16.0. The summed E-state index contributed by atoms with van der Waals surface area (Å²) in [6.07, 6.45) is 1.73. The van der Waals surface area contributed by atoms with Gasteiger partial charge in [0.2, 0.25) is 0 Å². The Hall–Kier alpha value is -2.47. The molecule has 0 bridgehead atoms. The average Bonchev–Trinajstić information content (AvgIpc) is 3.12. The number of carbonyl (C=O) groups is 1. The highest BCUT2D eigenvalue weighted by molar-refractivity contribution is 7.10. The molecule has 0 radical (unpaired) electrons. The predicted octanol–water partition coefficient (Wildman–Crippen LogP) is 3.14. The van der Waals surface area contributed by atoms with Crippen LogP contribution < -0.4 is 5.56 Å². The average molecular weight is 353 g/mol. The third kappa shape index (κ3) is 2.48. The van der Waals surface area contributed by atoms with Gasteiger partial charge >= 0.3 is 0 Å². The van der Waals surface area contributed by atoms with Gasteiger partial charge in [0.1, 0.15) is 0 Å².